The zero-order valence-corrected chi connectivity index (χ0v) is 18.3. The molecule has 1 aliphatic heterocycles. The smallest absolute Gasteiger partial charge is 0.185 e. The van der Waals surface area contributed by atoms with E-state index < -0.39 is 0 Å². The Bertz CT molecular complexity index is 1040. The number of allylic oxidation sites excluding steroid dienone is 1. The van der Waals surface area contributed by atoms with E-state index in [1.54, 1.807) is 12.2 Å². The summed E-state index contributed by atoms with van der Waals surface area (Å²) in [7, 11) is 0. The molecule has 4 rings (SSSR count). The molecule has 0 bridgehead atoms. The first-order valence-corrected chi connectivity index (χ1v) is 10.9. The summed E-state index contributed by atoms with van der Waals surface area (Å²) in [6, 6.07) is 17.7. The number of hydrogen-bond donors (Lipinski definition) is 0. The third-order valence-corrected chi connectivity index (χ3v) is 5.53. The second-order valence-corrected chi connectivity index (χ2v) is 8.21. The summed E-state index contributed by atoms with van der Waals surface area (Å²) in [5, 5.41) is 0. The lowest BCUT2D eigenvalue weighted by Crippen LogP contribution is -2.29. The summed E-state index contributed by atoms with van der Waals surface area (Å²) in [4.78, 5) is 14.9. The molecular formula is C27H29NO3. The zero-order chi connectivity index (χ0) is 21.6. The molecule has 4 nitrogen and oxygen atoms in total. The lowest BCUT2D eigenvalue weighted by atomic mass is 10.1. The maximum atomic E-state index is 12.5. The van der Waals surface area contributed by atoms with Crippen LogP contribution in [-0.4, -0.2) is 18.9 Å². The van der Waals surface area contributed by atoms with Crippen LogP contribution in [0.1, 0.15) is 52.3 Å². The number of hydrogen-bond acceptors (Lipinski definition) is 4. The minimum Gasteiger partial charge on any atom is -0.486 e. The molecule has 2 heterocycles. The van der Waals surface area contributed by atoms with Gasteiger partial charge in [-0.1, -0.05) is 6.07 Å². The van der Waals surface area contributed by atoms with Crippen LogP contribution in [0, 0.1) is 13.8 Å². The van der Waals surface area contributed by atoms with Crippen molar-refractivity contribution < 1.29 is 13.9 Å². The Morgan fingerprint density at radius 1 is 0.968 bits per heavy atom. The van der Waals surface area contributed by atoms with E-state index in [1.807, 2.05) is 62.4 Å². The van der Waals surface area contributed by atoms with Crippen LogP contribution in [0.5, 0.6) is 5.75 Å². The number of ketones is 1. The molecule has 1 fully saturated rings. The summed E-state index contributed by atoms with van der Waals surface area (Å²) in [5.41, 5.74) is 4.21. The summed E-state index contributed by atoms with van der Waals surface area (Å²) >= 11 is 0. The molecule has 0 N–H and O–H groups in total. The van der Waals surface area contributed by atoms with Gasteiger partial charge in [0.25, 0.3) is 0 Å². The highest BCUT2D eigenvalue weighted by atomic mass is 16.5. The summed E-state index contributed by atoms with van der Waals surface area (Å²) < 4.78 is 11.6. The topological polar surface area (TPSA) is 42.7 Å². The Balaban J connectivity index is 1.33. The number of furan rings is 1. The van der Waals surface area contributed by atoms with Crippen LogP contribution in [0.25, 0.3) is 6.08 Å². The monoisotopic (exact) mass is 415 g/mol. The fourth-order valence-electron chi connectivity index (χ4n) is 3.98. The molecule has 0 saturated carbocycles. The first kappa shape index (κ1) is 21.0. The van der Waals surface area contributed by atoms with Crippen molar-refractivity contribution in [2.75, 3.05) is 18.0 Å². The number of carbonyl (C=O) groups excluding carboxylic acids is 1. The van der Waals surface area contributed by atoms with E-state index in [2.05, 4.69) is 11.0 Å². The summed E-state index contributed by atoms with van der Waals surface area (Å²) in [5.74, 6) is 2.15. The SMILES string of the molecule is Cc1cc(C)cc(OCc2ccc(/C=C/C(=O)c3ccc(N4CCCCC4)cc3)o2)c1. The number of benzene rings is 2. The number of carbonyl (C=O) groups is 1. The molecular weight excluding hydrogens is 386 g/mol. The predicted molar refractivity (Wildman–Crippen MR) is 125 cm³/mol. The largest absolute Gasteiger partial charge is 0.486 e. The second-order valence-electron chi connectivity index (χ2n) is 8.21. The number of piperidine rings is 1. The van der Waals surface area contributed by atoms with Gasteiger partial charge in [0, 0.05) is 24.3 Å². The molecule has 31 heavy (non-hydrogen) atoms. The highest BCUT2D eigenvalue weighted by Crippen LogP contribution is 2.21. The maximum Gasteiger partial charge on any atom is 0.185 e. The van der Waals surface area contributed by atoms with Crippen LogP contribution in [0.15, 0.2) is 65.1 Å². The fraction of sp³-hybridized carbons (Fsp3) is 0.296. The van der Waals surface area contributed by atoms with Crippen LogP contribution < -0.4 is 9.64 Å². The Hall–Kier alpha value is -3.27. The van der Waals surface area contributed by atoms with Crippen molar-refractivity contribution in [3.63, 3.8) is 0 Å². The quantitative estimate of drug-likeness (QED) is 0.332. The van der Waals surface area contributed by atoms with E-state index in [0.29, 0.717) is 17.9 Å². The van der Waals surface area contributed by atoms with Gasteiger partial charge in [0.2, 0.25) is 0 Å². The lowest BCUT2D eigenvalue weighted by Gasteiger charge is -2.28. The van der Waals surface area contributed by atoms with E-state index in [1.165, 1.54) is 36.1 Å². The number of ether oxygens (including phenoxy) is 1. The van der Waals surface area contributed by atoms with Crippen LogP contribution >= 0.6 is 0 Å². The predicted octanol–water partition coefficient (Wildman–Crippen LogP) is 6.36. The molecule has 1 aliphatic rings. The first-order chi connectivity index (χ1) is 15.1. The average Bonchev–Trinajstić information content (AvgIpc) is 3.24. The van der Waals surface area contributed by atoms with Crippen LogP contribution in [-0.2, 0) is 6.61 Å². The molecule has 0 atom stereocenters. The summed E-state index contributed by atoms with van der Waals surface area (Å²) in [6.07, 6.45) is 7.06. The van der Waals surface area contributed by atoms with Crippen molar-refractivity contribution in [2.24, 2.45) is 0 Å². The van der Waals surface area contributed by atoms with Gasteiger partial charge in [-0.25, -0.2) is 0 Å². The summed E-state index contributed by atoms with van der Waals surface area (Å²) in [6.45, 7) is 6.65. The Morgan fingerprint density at radius 2 is 1.68 bits per heavy atom. The average molecular weight is 416 g/mol. The minimum atomic E-state index is -0.0327. The van der Waals surface area contributed by atoms with Gasteiger partial charge in [-0.15, -0.1) is 0 Å². The molecule has 0 amide bonds. The number of rotatable bonds is 7. The van der Waals surface area contributed by atoms with Crippen molar-refractivity contribution in [3.05, 3.63) is 88.9 Å². The third kappa shape index (κ3) is 5.66. The highest BCUT2D eigenvalue weighted by molar-refractivity contribution is 6.06. The Kier molecular flexibility index (Phi) is 6.56. The van der Waals surface area contributed by atoms with E-state index in [4.69, 9.17) is 9.15 Å². The molecule has 0 unspecified atom stereocenters. The van der Waals surface area contributed by atoms with Crippen molar-refractivity contribution in [3.8, 4) is 5.75 Å². The number of nitrogens with zero attached hydrogens (tertiary/aromatic N) is 1. The van der Waals surface area contributed by atoms with Crippen molar-refractivity contribution >= 4 is 17.5 Å². The van der Waals surface area contributed by atoms with Gasteiger partial charge in [-0.3, -0.25) is 4.79 Å². The molecule has 0 spiro atoms. The maximum absolute atomic E-state index is 12.5. The number of aryl methyl sites for hydroxylation is 2. The van der Waals surface area contributed by atoms with Gasteiger partial charge in [-0.05, 0) is 105 Å². The normalized spacial score (nSPS) is 14.2. The molecule has 0 aliphatic carbocycles. The minimum absolute atomic E-state index is 0.0327. The molecule has 0 radical (unpaired) electrons. The zero-order valence-electron chi connectivity index (χ0n) is 18.3. The first-order valence-electron chi connectivity index (χ1n) is 10.9. The highest BCUT2D eigenvalue weighted by Gasteiger charge is 2.11. The van der Waals surface area contributed by atoms with Gasteiger partial charge in [0.05, 0.1) is 0 Å². The van der Waals surface area contributed by atoms with E-state index in [-0.39, 0.29) is 5.78 Å². The molecule has 1 saturated heterocycles. The van der Waals surface area contributed by atoms with Gasteiger partial charge >= 0.3 is 0 Å². The molecule has 4 heteroatoms. The standard InChI is InChI=1S/C27H29NO3/c1-20-16-21(2)18-26(17-20)30-19-25-11-10-24(31-25)12-13-27(29)22-6-8-23(9-7-22)28-14-4-3-5-15-28/h6-13,16-18H,3-5,14-15,19H2,1-2H3/b13-12+. The van der Waals surface area contributed by atoms with E-state index >= 15 is 0 Å². The number of anilines is 1. The van der Waals surface area contributed by atoms with Crippen LogP contribution in [0.3, 0.4) is 0 Å². The molecule has 3 aromatic rings. The van der Waals surface area contributed by atoms with Gasteiger partial charge in [0.15, 0.2) is 5.78 Å². The van der Waals surface area contributed by atoms with Crippen LogP contribution in [0.2, 0.25) is 0 Å². The Morgan fingerprint density at radius 3 is 2.39 bits per heavy atom. The molecule has 2 aromatic carbocycles. The lowest BCUT2D eigenvalue weighted by molar-refractivity contribution is 0.104. The second kappa shape index (κ2) is 9.69. The van der Waals surface area contributed by atoms with E-state index in [0.717, 1.165) is 24.6 Å². The fourth-order valence-corrected chi connectivity index (χ4v) is 3.98. The molecule has 160 valence electrons. The van der Waals surface area contributed by atoms with Crippen LogP contribution in [0.4, 0.5) is 5.69 Å². The molecule has 1 aromatic heterocycles. The van der Waals surface area contributed by atoms with Crippen molar-refractivity contribution in [1.29, 1.82) is 0 Å². The van der Waals surface area contributed by atoms with Gasteiger partial charge < -0.3 is 14.1 Å². The Labute approximate surface area is 184 Å². The van der Waals surface area contributed by atoms with Crippen molar-refractivity contribution in [2.45, 2.75) is 39.7 Å². The third-order valence-electron chi connectivity index (χ3n) is 5.53. The van der Waals surface area contributed by atoms with Crippen molar-refractivity contribution in [1.82, 2.24) is 0 Å². The van der Waals surface area contributed by atoms with Gasteiger partial charge in [-0.2, -0.15) is 0 Å². The van der Waals surface area contributed by atoms with Gasteiger partial charge in [0.1, 0.15) is 23.9 Å². The van der Waals surface area contributed by atoms with E-state index in [9.17, 15) is 4.79 Å².